The number of amides is 1. The van der Waals surface area contributed by atoms with E-state index in [1.807, 2.05) is 13.8 Å². The smallest absolute Gasteiger partial charge is 0.331 e. The van der Waals surface area contributed by atoms with Crippen LogP contribution in [0, 0.1) is 13.8 Å². The molecule has 20 heavy (non-hydrogen) atoms. The summed E-state index contributed by atoms with van der Waals surface area (Å²) >= 11 is 0. The van der Waals surface area contributed by atoms with Crippen molar-refractivity contribution in [1.29, 1.82) is 0 Å². The number of aryl methyl sites for hydroxylation is 2. The minimum atomic E-state index is -0.659. The van der Waals surface area contributed by atoms with Crippen molar-refractivity contribution in [3.8, 4) is 0 Å². The molecule has 2 heterocycles. The van der Waals surface area contributed by atoms with E-state index < -0.39 is 12.0 Å². The summed E-state index contributed by atoms with van der Waals surface area (Å²) in [6.45, 7) is 4.74. The first-order valence-electron chi connectivity index (χ1n) is 6.50. The van der Waals surface area contributed by atoms with Gasteiger partial charge in [-0.2, -0.15) is 5.10 Å². The topological polar surface area (TPSA) is 84.5 Å². The number of nitrogens with zero attached hydrogens (tertiary/aromatic N) is 2. The number of methoxy groups -OCH3 is 1. The highest BCUT2D eigenvalue weighted by Crippen LogP contribution is 2.15. The number of morpholine rings is 1. The highest BCUT2D eigenvalue weighted by Gasteiger charge is 2.33. The van der Waals surface area contributed by atoms with Gasteiger partial charge in [-0.3, -0.25) is 9.89 Å². The van der Waals surface area contributed by atoms with Crippen molar-refractivity contribution in [2.45, 2.75) is 26.3 Å². The summed E-state index contributed by atoms with van der Waals surface area (Å²) in [6, 6.07) is -0.659. The van der Waals surface area contributed by atoms with Crippen molar-refractivity contribution in [1.82, 2.24) is 15.1 Å². The molecule has 1 atom stereocenters. The molecular formula is C13H19N3O4. The average Bonchev–Trinajstić information content (AvgIpc) is 2.78. The lowest BCUT2D eigenvalue weighted by molar-refractivity contribution is -0.160. The van der Waals surface area contributed by atoms with Crippen molar-refractivity contribution < 1.29 is 19.1 Å². The van der Waals surface area contributed by atoms with E-state index in [0.717, 1.165) is 17.0 Å². The molecule has 110 valence electrons. The molecule has 1 aromatic rings. The maximum Gasteiger partial charge on any atom is 0.331 e. The predicted octanol–water partition coefficient (Wildman–Crippen LogP) is -0.0306. The summed E-state index contributed by atoms with van der Waals surface area (Å²) in [6.07, 6.45) is 0.224. The van der Waals surface area contributed by atoms with Crippen molar-refractivity contribution in [3.63, 3.8) is 0 Å². The summed E-state index contributed by atoms with van der Waals surface area (Å²) in [4.78, 5) is 25.7. The Balaban J connectivity index is 2.12. The molecule has 2 rings (SSSR count). The van der Waals surface area contributed by atoms with Crippen molar-refractivity contribution in [2.24, 2.45) is 0 Å². The fraction of sp³-hybridized carbons (Fsp3) is 0.615. The van der Waals surface area contributed by atoms with Gasteiger partial charge in [0.1, 0.15) is 0 Å². The molecule has 1 unspecified atom stereocenters. The molecule has 0 aromatic carbocycles. The lowest BCUT2D eigenvalue weighted by Crippen LogP contribution is -2.53. The van der Waals surface area contributed by atoms with Crippen molar-refractivity contribution >= 4 is 11.9 Å². The van der Waals surface area contributed by atoms with Crippen molar-refractivity contribution in [2.75, 3.05) is 26.9 Å². The third-order valence-electron chi connectivity index (χ3n) is 3.53. The maximum absolute atomic E-state index is 12.4. The second kappa shape index (κ2) is 6.04. The van der Waals surface area contributed by atoms with Gasteiger partial charge in [-0.05, 0) is 13.8 Å². The quantitative estimate of drug-likeness (QED) is 0.786. The van der Waals surface area contributed by atoms with Gasteiger partial charge in [-0.1, -0.05) is 0 Å². The molecule has 1 fully saturated rings. The number of ether oxygens (including phenoxy) is 2. The SMILES string of the molecule is COC(=O)C1COCCN1C(=O)Cc1c(C)n[nH]c1C. The zero-order valence-electron chi connectivity index (χ0n) is 11.9. The summed E-state index contributed by atoms with van der Waals surface area (Å²) in [5.41, 5.74) is 2.56. The van der Waals surface area contributed by atoms with E-state index in [0.29, 0.717) is 13.2 Å². The number of hydrogen-bond donors (Lipinski definition) is 1. The lowest BCUT2D eigenvalue weighted by Gasteiger charge is -2.33. The third kappa shape index (κ3) is 2.82. The number of aromatic nitrogens is 2. The van der Waals surface area contributed by atoms with Crippen LogP contribution in [-0.4, -0.2) is 59.9 Å². The first kappa shape index (κ1) is 14.5. The van der Waals surface area contributed by atoms with Gasteiger partial charge in [-0.25, -0.2) is 4.79 Å². The average molecular weight is 281 g/mol. The first-order valence-corrected chi connectivity index (χ1v) is 6.50. The van der Waals surface area contributed by atoms with Gasteiger partial charge >= 0.3 is 5.97 Å². The van der Waals surface area contributed by atoms with Crippen LogP contribution in [0.5, 0.6) is 0 Å². The van der Waals surface area contributed by atoms with E-state index in [9.17, 15) is 9.59 Å². The third-order valence-corrected chi connectivity index (χ3v) is 3.53. The highest BCUT2D eigenvalue weighted by molar-refractivity contribution is 5.86. The number of esters is 1. The number of hydrogen-bond acceptors (Lipinski definition) is 5. The lowest BCUT2D eigenvalue weighted by atomic mass is 10.1. The molecule has 0 saturated carbocycles. The molecule has 7 nitrogen and oxygen atoms in total. The summed E-state index contributed by atoms with van der Waals surface area (Å²) in [5, 5.41) is 6.93. The van der Waals surface area contributed by atoms with Crippen LogP contribution < -0.4 is 0 Å². The van der Waals surface area contributed by atoms with E-state index in [1.165, 1.54) is 12.0 Å². The van der Waals surface area contributed by atoms with Crippen LogP contribution >= 0.6 is 0 Å². The molecule has 1 aliphatic rings. The molecule has 1 N–H and O–H groups in total. The number of nitrogens with one attached hydrogen (secondary N) is 1. The van der Waals surface area contributed by atoms with Crippen LogP contribution in [0.4, 0.5) is 0 Å². The van der Waals surface area contributed by atoms with Gasteiger partial charge < -0.3 is 14.4 Å². The molecule has 1 amide bonds. The molecule has 0 bridgehead atoms. The Morgan fingerprint density at radius 1 is 1.50 bits per heavy atom. The van der Waals surface area contributed by atoms with E-state index in [4.69, 9.17) is 9.47 Å². The fourth-order valence-electron chi connectivity index (χ4n) is 2.32. The molecular weight excluding hydrogens is 262 g/mol. The predicted molar refractivity (Wildman–Crippen MR) is 70.1 cm³/mol. The molecule has 0 spiro atoms. The standard InChI is InChI=1S/C13H19N3O4/c1-8-10(9(2)15-14-8)6-12(17)16-4-5-20-7-11(16)13(18)19-3/h11H,4-7H2,1-3H3,(H,14,15). The van der Waals surface area contributed by atoms with Crippen LogP contribution in [0.15, 0.2) is 0 Å². The zero-order valence-corrected chi connectivity index (χ0v) is 11.9. The van der Waals surface area contributed by atoms with E-state index in [2.05, 4.69) is 10.2 Å². The normalized spacial score (nSPS) is 18.9. The van der Waals surface area contributed by atoms with Gasteiger partial charge in [-0.15, -0.1) is 0 Å². The number of carbonyl (C=O) groups is 2. The molecule has 0 radical (unpaired) electrons. The number of aromatic amines is 1. The Labute approximate surface area is 117 Å². The summed E-state index contributed by atoms with van der Waals surface area (Å²) in [7, 11) is 1.31. The second-order valence-corrected chi connectivity index (χ2v) is 4.79. The Bertz CT molecular complexity index is 492. The van der Waals surface area contributed by atoms with E-state index in [-0.39, 0.29) is 18.9 Å². The minimum absolute atomic E-state index is 0.115. The Morgan fingerprint density at radius 3 is 2.85 bits per heavy atom. The maximum atomic E-state index is 12.4. The van der Waals surface area contributed by atoms with Crippen LogP contribution in [0.1, 0.15) is 17.0 Å². The van der Waals surface area contributed by atoms with Crippen LogP contribution in [0.3, 0.4) is 0 Å². The minimum Gasteiger partial charge on any atom is -0.467 e. The highest BCUT2D eigenvalue weighted by atomic mass is 16.5. The van der Waals surface area contributed by atoms with Crippen molar-refractivity contribution in [3.05, 3.63) is 17.0 Å². The van der Waals surface area contributed by atoms with E-state index in [1.54, 1.807) is 0 Å². The number of H-pyrrole nitrogens is 1. The van der Waals surface area contributed by atoms with E-state index >= 15 is 0 Å². The molecule has 0 aliphatic carbocycles. The molecule has 7 heteroatoms. The Kier molecular flexibility index (Phi) is 4.39. The van der Waals surface area contributed by atoms with Crippen LogP contribution in [0.25, 0.3) is 0 Å². The molecule has 1 aliphatic heterocycles. The monoisotopic (exact) mass is 281 g/mol. The fourth-order valence-corrected chi connectivity index (χ4v) is 2.32. The van der Waals surface area contributed by atoms with Crippen LogP contribution in [-0.2, 0) is 25.5 Å². The van der Waals surface area contributed by atoms with Gasteiger partial charge in [0, 0.05) is 17.8 Å². The molecule has 1 aromatic heterocycles. The summed E-state index contributed by atoms with van der Waals surface area (Å²) in [5.74, 6) is -0.560. The first-order chi connectivity index (χ1) is 9.54. The van der Waals surface area contributed by atoms with Gasteiger partial charge in [0.2, 0.25) is 5.91 Å². The largest absolute Gasteiger partial charge is 0.467 e. The molecule has 1 saturated heterocycles. The Morgan fingerprint density at radius 2 is 2.25 bits per heavy atom. The number of rotatable bonds is 3. The van der Waals surface area contributed by atoms with Gasteiger partial charge in [0.05, 0.1) is 32.4 Å². The summed E-state index contributed by atoms with van der Waals surface area (Å²) < 4.78 is 9.98. The van der Waals surface area contributed by atoms with Crippen LogP contribution in [0.2, 0.25) is 0 Å². The second-order valence-electron chi connectivity index (χ2n) is 4.79. The van der Waals surface area contributed by atoms with Gasteiger partial charge in [0.25, 0.3) is 0 Å². The number of carbonyl (C=O) groups excluding carboxylic acids is 2. The zero-order chi connectivity index (χ0) is 14.7. The van der Waals surface area contributed by atoms with Gasteiger partial charge in [0.15, 0.2) is 6.04 Å². The Hall–Kier alpha value is -1.89.